The quantitative estimate of drug-likeness (QED) is 0.500. The summed E-state index contributed by atoms with van der Waals surface area (Å²) in [7, 11) is -3.88. The second-order valence-electron chi connectivity index (χ2n) is 8.87. The summed E-state index contributed by atoms with van der Waals surface area (Å²) in [4.78, 5) is 38.6. The highest BCUT2D eigenvalue weighted by Crippen LogP contribution is 2.32. The van der Waals surface area contributed by atoms with Crippen LogP contribution in [0.25, 0.3) is 6.08 Å². The van der Waals surface area contributed by atoms with Crippen molar-refractivity contribution >= 4 is 56.5 Å². The number of piperidine rings is 1. The van der Waals surface area contributed by atoms with Crippen LogP contribution < -0.4 is 5.32 Å². The molecule has 37 heavy (non-hydrogen) atoms. The Morgan fingerprint density at radius 3 is 2.73 bits per heavy atom. The molecule has 2 heterocycles. The number of nitrogens with zero attached hydrogens (tertiary/aromatic N) is 2. The summed E-state index contributed by atoms with van der Waals surface area (Å²) < 4.78 is 41.6. The topological polar surface area (TPSA) is 104 Å². The van der Waals surface area contributed by atoms with Gasteiger partial charge in [-0.1, -0.05) is 36.7 Å². The summed E-state index contributed by atoms with van der Waals surface area (Å²) in [5.41, 5.74) is 0.274. The maximum absolute atomic E-state index is 13.9. The summed E-state index contributed by atoms with van der Waals surface area (Å²) >= 11 is 6.89. The monoisotopic (exact) mass is 565 g/mol. The Hall–Kier alpha value is -2.73. The van der Waals surface area contributed by atoms with Crippen LogP contribution in [-0.2, 0) is 14.8 Å². The van der Waals surface area contributed by atoms with Crippen molar-refractivity contribution < 1.29 is 27.2 Å². The second kappa shape index (κ2) is 11.3. The van der Waals surface area contributed by atoms with Crippen LogP contribution in [0.3, 0.4) is 0 Å². The number of carbonyl (C=O) groups excluding carboxylic acids is 3. The molecular formula is C25H25ClFN3O5S2. The molecule has 0 bridgehead atoms. The van der Waals surface area contributed by atoms with Crippen molar-refractivity contribution in [2.45, 2.75) is 24.7 Å². The predicted octanol–water partition coefficient (Wildman–Crippen LogP) is 4.37. The van der Waals surface area contributed by atoms with Gasteiger partial charge in [0.2, 0.25) is 10.0 Å². The molecule has 8 nitrogen and oxygen atoms in total. The van der Waals surface area contributed by atoms with Crippen LogP contribution in [-0.4, -0.2) is 60.9 Å². The van der Waals surface area contributed by atoms with Gasteiger partial charge in [0.05, 0.1) is 9.93 Å². The number of amides is 3. The Labute approximate surface area is 223 Å². The number of sulfonamides is 1. The van der Waals surface area contributed by atoms with E-state index >= 15 is 0 Å². The molecule has 2 aliphatic heterocycles. The predicted molar refractivity (Wildman–Crippen MR) is 140 cm³/mol. The molecule has 1 N–H and O–H groups in total. The fraction of sp³-hybridized carbons (Fsp3) is 0.320. The van der Waals surface area contributed by atoms with E-state index in [2.05, 4.69) is 5.32 Å². The molecule has 2 aromatic rings. The van der Waals surface area contributed by atoms with E-state index < -0.39 is 32.9 Å². The van der Waals surface area contributed by atoms with E-state index in [-0.39, 0.29) is 45.0 Å². The molecular weight excluding hydrogens is 541 g/mol. The van der Waals surface area contributed by atoms with E-state index in [9.17, 15) is 27.2 Å². The van der Waals surface area contributed by atoms with E-state index in [1.165, 1.54) is 46.8 Å². The first kappa shape index (κ1) is 27.3. The zero-order valence-electron chi connectivity index (χ0n) is 19.9. The largest absolute Gasteiger partial charge is 0.350 e. The Morgan fingerprint density at radius 1 is 1.24 bits per heavy atom. The highest BCUT2D eigenvalue weighted by atomic mass is 35.5. The molecule has 0 aliphatic carbocycles. The van der Waals surface area contributed by atoms with Crippen LogP contribution >= 0.6 is 23.4 Å². The van der Waals surface area contributed by atoms with Gasteiger partial charge < -0.3 is 5.32 Å². The number of benzene rings is 2. The molecule has 2 aromatic carbocycles. The molecule has 0 unspecified atom stereocenters. The van der Waals surface area contributed by atoms with E-state index in [1.807, 2.05) is 6.92 Å². The number of nitrogens with one attached hydrogen (secondary N) is 1. The maximum Gasteiger partial charge on any atom is 0.293 e. The average molecular weight is 566 g/mol. The number of halogens is 2. The third-order valence-electron chi connectivity index (χ3n) is 6.12. The van der Waals surface area contributed by atoms with E-state index in [4.69, 9.17) is 11.6 Å². The number of rotatable bonds is 7. The molecule has 2 saturated heterocycles. The zero-order chi connectivity index (χ0) is 26.7. The fourth-order valence-electron chi connectivity index (χ4n) is 4.16. The minimum absolute atomic E-state index is 0.0224. The summed E-state index contributed by atoms with van der Waals surface area (Å²) in [6.45, 7) is 2.61. The van der Waals surface area contributed by atoms with Crippen LogP contribution in [0.5, 0.6) is 0 Å². The van der Waals surface area contributed by atoms with Gasteiger partial charge >= 0.3 is 0 Å². The maximum atomic E-state index is 13.9. The van der Waals surface area contributed by atoms with Crippen molar-refractivity contribution in [1.29, 1.82) is 0 Å². The standard InChI is InChI=1S/C25H25ClFN3O5S2/c1-16-5-4-11-29(15-16)37(34,35)22-14-18(8-9-19(22)26)23(31)28-10-12-30-24(32)21(36-25(30)33)13-17-6-2-3-7-20(17)27/h2-3,6-9,13-14,16H,4-5,10-12,15H2,1H3,(H,28,31)/b21-13-/t16-/m0/s1. The number of carbonyl (C=O) groups is 3. The summed E-state index contributed by atoms with van der Waals surface area (Å²) in [6.07, 6.45) is 3.02. The van der Waals surface area contributed by atoms with E-state index in [0.29, 0.717) is 24.9 Å². The fourth-order valence-corrected chi connectivity index (χ4v) is 7.11. The van der Waals surface area contributed by atoms with Crippen molar-refractivity contribution in [2.24, 2.45) is 5.92 Å². The molecule has 0 saturated carbocycles. The van der Waals surface area contributed by atoms with Gasteiger partial charge in [-0.05, 0) is 60.9 Å². The van der Waals surface area contributed by atoms with Gasteiger partial charge in [0, 0.05) is 37.3 Å². The highest BCUT2D eigenvalue weighted by molar-refractivity contribution is 8.18. The SMILES string of the molecule is C[C@H]1CCCN(S(=O)(=O)c2cc(C(=O)NCCN3C(=O)S/C(=C\c4ccccc4F)C3=O)ccc2Cl)C1. The summed E-state index contributed by atoms with van der Waals surface area (Å²) in [5.74, 6) is -1.44. The summed E-state index contributed by atoms with van der Waals surface area (Å²) in [5, 5.41) is 2.09. The molecule has 196 valence electrons. The van der Waals surface area contributed by atoms with Gasteiger partial charge in [0.25, 0.3) is 17.1 Å². The Morgan fingerprint density at radius 2 is 2.00 bits per heavy atom. The molecule has 2 fully saturated rings. The summed E-state index contributed by atoms with van der Waals surface area (Å²) in [6, 6.07) is 9.91. The number of hydrogen-bond acceptors (Lipinski definition) is 6. The third kappa shape index (κ3) is 6.06. The normalized spacial score (nSPS) is 20.0. The van der Waals surface area contributed by atoms with Crippen molar-refractivity contribution in [3.63, 3.8) is 0 Å². The van der Waals surface area contributed by atoms with Crippen molar-refractivity contribution in [3.8, 4) is 0 Å². The molecule has 0 radical (unpaired) electrons. The van der Waals surface area contributed by atoms with E-state index in [0.717, 1.165) is 17.7 Å². The van der Waals surface area contributed by atoms with Crippen LogP contribution in [0.4, 0.5) is 9.18 Å². The van der Waals surface area contributed by atoms with Gasteiger partial charge in [0.1, 0.15) is 10.7 Å². The average Bonchev–Trinajstić information content (AvgIpc) is 3.12. The lowest BCUT2D eigenvalue weighted by Crippen LogP contribution is -2.39. The molecule has 3 amide bonds. The van der Waals surface area contributed by atoms with Crippen LogP contribution in [0.2, 0.25) is 5.02 Å². The van der Waals surface area contributed by atoms with Gasteiger partial charge in [-0.25, -0.2) is 12.8 Å². The lowest BCUT2D eigenvalue weighted by Gasteiger charge is -2.30. The second-order valence-corrected chi connectivity index (χ2v) is 12.2. The third-order valence-corrected chi connectivity index (χ3v) is 9.37. The lowest BCUT2D eigenvalue weighted by molar-refractivity contribution is -0.122. The smallest absolute Gasteiger partial charge is 0.293 e. The molecule has 2 aliphatic rings. The first-order valence-electron chi connectivity index (χ1n) is 11.7. The highest BCUT2D eigenvalue weighted by Gasteiger charge is 2.35. The van der Waals surface area contributed by atoms with Crippen LogP contribution in [0, 0.1) is 11.7 Å². The van der Waals surface area contributed by atoms with Crippen LogP contribution in [0.1, 0.15) is 35.7 Å². The Kier molecular flexibility index (Phi) is 8.37. The number of thioether (sulfide) groups is 1. The van der Waals surface area contributed by atoms with Gasteiger partial charge in [0.15, 0.2) is 0 Å². The minimum Gasteiger partial charge on any atom is -0.350 e. The zero-order valence-corrected chi connectivity index (χ0v) is 22.3. The Balaban J connectivity index is 1.40. The van der Waals surface area contributed by atoms with Crippen molar-refractivity contribution in [2.75, 3.05) is 26.2 Å². The Bertz CT molecular complexity index is 1380. The van der Waals surface area contributed by atoms with Gasteiger partial charge in [-0.2, -0.15) is 4.31 Å². The number of hydrogen-bond donors (Lipinski definition) is 1. The molecule has 12 heteroatoms. The van der Waals surface area contributed by atoms with E-state index in [1.54, 1.807) is 6.07 Å². The molecule has 1 atom stereocenters. The van der Waals surface area contributed by atoms with Crippen LogP contribution in [0.15, 0.2) is 52.3 Å². The van der Waals surface area contributed by atoms with Crippen molar-refractivity contribution in [1.82, 2.24) is 14.5 Å². The van der Waals surface area contributed by atoms with Gasteiger partial charge in [-0.15, -0.1) is 0 Å². The molecule has 0 spiro atoms. The first-order valence-corrected chi connectivity index (χ1v) is 14.3. The molecule has 4 rings (SSSR count). The van der Waals surface area contributed by atoms with Gasteiger partial charge in [-0.3, -0.25) is 19.3 Å². The van der Waals surface area contributed by atoms with Crippen molar-refractivity contribution in [3.05, 3.63) is 69.3 Å². The minimum atomic E-state index is -3.88. The lowest BCUT2D eigenvalue weighted by atomic mass is 10.0. The number of imide groups is 1. The first-order chi connectivity index (χ1) is 17.6. The molecule has 0 aromatic heterocycles.